The maximum atomic E-state index is 12.5. The number of β-amino-alcohol motifs (C(OH)–C–C–N with tert-alkyl or cyclic N) is 1. The molecule has 1 aromatic heterocycles. The molecule has 1 N–H and O–H groups in total. The molecule has 120 valence electrons. The largest absolute Gasteiger partial charge is 0.390 e. The van der Waals surface area contributed by atoms with Gasteiger partial charge in [-0.2, -0.15) is 0 Å². The zero-order valence-electron chi connectivity index (χ0n) is 12.9. The van der Waals surface area contributed by atoms with Crippen LogP contribution in [0.25, 0.3) is 11.0 Å². The molecule has 0 saturated carbocycles. The van der Waals surface area contributed by atoms with Crippen molar-refractivity contribution < 1.29 is 9.84 Å². The van der Waals surface area contributed by atoms with E-state index < -0.39 is 6.10 Å². The van der Waals surface area contributed by atoms with Gasteiger partial charge in [-0.15, -0.1) is 0 Å². The van der Waals surface area contributed by atoms with Crippen LogP contribution in [0.15, 0.2) is 29.1 Å². The lowest BCUT2D eigenvalue weighted by molar-refractivity contribution is 0.0115. The fraction of sp³-hybridized carbons (Fsp3) is 0.562. The average molecular weight is 305 g/mol. The van der Waals surface area contributed by atoms with Gasteiger partial charge < -0.3 is 9.84 Å². The number of aryl methyl sites for hydroxylation is 1. The second-order valence-corrected chi connectivity index (χ2v) is 5.69. The first kappa shape index (κ1) is 15.3. The molecule has 0 spiro atoms. The van der Waals surface area contributed by atoms with Crippen LogP contribution in [0.5, 0.6) is 0 Å². The van der Waals surface area contributed by atoms with E-state index in [9.17, 15) is 9.90 Å². The molecule has 2 aromatic rings. The predicted octanol–water partition coefficient (Wildman–Crippen LogP) is 0.516. The summed E-state index contributed by atoms with van der Waals surface area (Å²) in [6, 6.07) is 7.74. The summed E-state index contributed by atoms with van der Waals surface area (Å²) >= 11 is 0. The molecule has 22 heavy (non-hydrogen) atoms. The van der Waals surface area contributed by atoms with Crippen molar-refractivity contribution in [2.45, 2.75) is 26.1 Å². The number of nitrogens with zero attached hydrogens (tertiary/aromatic N) is 3. The van der Waals surface area contributed by atoms with Crippen LogP contribution in [-0.4, -0.2) is 58.1 Å². The van der Waals surface area contributed by atoms with Crippen molar-refractivity contribution in [1.29, 1.82) is 0 Å². The Hall–Kier alpha value is -1.63. The second-order valence-electron chi connectivity index (χ2n) is 5.69. The number of ether oxygens (including phenoxy) is 1. The second kappa shape index (κ2) is 6.64. The summed E-state index contributed by atoms with van der Waals surface area (Å²) in [5.74, 6) is 0. The fourth-order valence-electron chi connectivity index (χ4n) is 3.10. The third-order valence-corrected chi connectivity index (χ3v) is 4.21. The summed E-state index contributed by atoms with van der Waals surface area (Å²) in [5.41, 5.74) is 1.76. The quantitative estimate of drug-likeness (QED) is 0.875. The molecule has 6 nitrogen and oxygen atoms in total. The van der Waals surface area contributed by atoms with Crippen LogP contribution in [0.1, 0.15) is 6.92 Å². The van der Waals surface area contributed by atoms with Gasteiger partial charge in [0.25, 0.3) is 0 Å². The van der Waals surface area contributed by atoms with Gasteiger partial charge in [-0.25, -0.2) is 4.79 Å². The van der Waals surface area contributed by atoms with E-state index in [2.05, 4.69) is 4.90 Å². The number of morpholine rings is 1. The smallest absolute Gasteiger partial charge is 0.329 e. The molecular formula is C16H23N3O3. The predicted molar refractivity (Wildman–Crippen MR) is 85.1 cm³/mol. The number of imidazole rings is 1. The number of aromatic nitrogens is 2. The van der Waals surface area contributed by atoms with Crippen LogP contribution >= 0.6 is 0 Å². The van der Waals surface area contributed by atoms with Gasteiger partial charge in [0.2, 0.25) is 0 Å². The Labute approximate surface area is 129 Å². The molecule has 1 aliphatic heterocycles. The van der Waals surface area contributed by atoms with Crippen molar-refractivity contribution in [3.63, 3.8) is 0 Å². The summed E-state index contributed by atoms with van der Waals surface area (Å²) in [6.45, 7) is 6.58. The summed E-state index contributed by atoms with van der Waals surface area (Å²) in [5, 5.41) is 10.4. The molecule has 1 atom stereocenters. The topological polar surface area (TPSA) is 59.6 Å². The van der Waals surface area contributed by atoms with Crippen LogP contribution < -0.4 is 5.69 Å². The number of hydrogen-bond donors (Lipinski definition) is 1. The zero-order chi connectivity index (χ0) is 15.5. The lowest BCUT2D eigenvalue weighted by Crippen LogP contribution is -2.42. The van der Waals surface area contributed by atoms with Gasteiger partial charge in [0, 0.05) is 26.2 Å². The SMILES string of the molecule is CCn1c(=O)n(CC(O)CN2CCOCC2)c2ccccc21. The van der Waals surface area contributed by atoms with E-state index in [1.807, 2.05) is 31.2 Å². The monoisotopic (exact) mass is 305 g/mol. The Morgan fingerprint density at radius 3 is 2.41 bits per heavy atom. The van der Waals surface area contributed by atoms with E-state index in [1.54, 1.807) is 9.13 Å². The van der Waals surface area contributed by atoms with Crippen molar-refractivity contribution in [2.24, 2.45) is 0 Å². The van der Waals surface area contributed by atoms with Crippen molar-refractivity contribution in [3.8, 4) is 0 Å². The van der Waals surface area contributed by atoms with Crippen molar-refractivity contribution in [1.82, 2.24) is 14.0 Å². The molecule has 1 aliphatic rings. The number of aliphatic hydroxyl groups is 1. The van der Waals surface area contributed by atoms with Crippen molar-refractivity contribution >= 4 is 11.0 Å². The molecule has 2 heterocycles. The highest BCUT2D eigenvalue weighted by molar-refractivity contribution is 5.75. The first-order valence-corrected chi connectivity index (χ1v) is 7.87. The highest BCUT2D eigenvalue weighted by atomic mass is 16.5. The summed E-state index contributed by atoms with van der Waals surface area (Å²) in [7, 11) is 0. The molecule has 1 unspecified atom stereocenters. The molecule has 3 rings (SSSR count). The van der Waals surface area contributed by atoms with Crippen molar-refractivity contribution in [2.75, 3.05) is 32.8 Å². The Morgan fingerprint density at radius 1 is 1.14 bits per heavy atom. The third kappa shape index (κ3) is 2.95. The lowest BCUT2D eigenvalue weighted by atomic mass is 10.2. The Balaban J connectivity index is 1.81. The maximum Gasteiger partial charge on any atom is 0.329 e. The minimum absolute atomic E-state index is 0.0512. The van der Waals surface area contributed by atoms with E-state index in [4.69, 9.17) is 4.74 Å². The molecule has 0 radical (unpaired) electrons. The normalized spacial score (nSPS) is 17.9. The summed E-state index contributed by atoms with van der Waals surface area (Å²) in [6.07, 6.45) is -0.563. The number of rotatable bonds is 5. The fourth-order valence-corrected chi connectivity index (χ4v) is 3.10. The van der Waals surface area contributed by atoms with Gasteiger partial charge in [0.05, 0.1) is 36.9 Å². The molecule has 0 amide bonds. The Kier molecular flexibility index (Phi) is 4.61. The first-order chi connectivity index (χ1) is 10.7. The highest BCUT2D eigenvalue weighted by Crippen LogP contribution is 2.13. The van der Waals surface area contributed by atoms with Gasteiger partial charge in [-0.1, -0.05) is 12.1 Å². The van der Waals surface area contributed by atoms with Crippen LogP contribution in [0.2, 0.25) is 0 Å². The average Bonchev–Trinajstić information content (AvgIpc) is 2.80. The zero-order valence-corrected chi connectivity index (χ0v) is 12.9. The molecular weight excluding hydrogens is 282 g/mol. The molecule has 1 aromatic carbocycles. The molecule has 6 heteroatoms. The van der Waals surface area contributed by atoms with Crippen LogP contribution in [0.4, 0.5) is 0 Å². The molecule has 1 fully saturated rings. The number of para-hydroxylation sites is 2. The van der Waals surface area contributed by atoms with Crippen LogP contribution in [0, 0.1) is 0 Å². The minimum atomic E-state index is -0.563. The minimum Gasteiger partial charge on any atom is -0.390 e. The highest BCUT2D eigenvalue weighted by Gasteiger charge is 2.18. The van der Waals surface area contributed by atoms with E-state index in [-0.39, 0.29) is 5.69 Å². The molecule has 0 bridgehead atoms. The number of benzene rings is 1. The van der Waals surface area contributed by atoms with Crippen LogP contribution in [-0.2, 0) is 17.8 Å². The lowest BCUT2D eigenvalue weighted by Gasteiger charge is -2.28. The Bertz CT molecular complexity index is 685. The van der Waals surface area contributed by atoms with Crippen LogP contribution in [0.3, 0.4) is 0 Å². The third-order valence-electron chi connectivity index (χ3n) is 4.21. The van der Waals surface area contributed by atoms with E-state index >= 15 is 0 Å². The van der Waals surface area contributed by atoms with Gasteiger partial charge in [0.1, 0.15) is 0 Å². The standard InChI is InChI=1S/C16H23N3O3/c1-2-18-14-5-3-4-6-15(14)19(16(18)21)12-13(20)11-17-7-9-22-10-8-17/h3-6,13,20H,2,7-12H2,1H3. The Morgan fingerprint density at radius 2 is 1.77 bits per heavy atom. The van der Waals surface area contributed by atoms with Gasteiger partial charge in [-0.3, -0.25) is 14.0 Å². The van der Waals surface area contributed by atoms with Gasteiger partial charge in [-0.05, 0) is 19.1 Å². The van der Waals surface area contributed by atoms with Crippen molar-refractivity contribution in [3.05, 3.63) is 34.7 Å². The summed E-state index contributed by atoms with van der Waals surface area (Å²) < 4.78 is 8.74. The van der Waals surface area contributed by atoms with E-state index in [1.165, 1.54) is 0 Å². The first-order valence-electron chi connectivity index (χ1n) is 7.87. The maximum absolute atomic E-state index is 12.5. The number of hydrogen-bond acceptors (Lipinski definition) is 4. The van der Waals surface area contributed by atoms with E-state index in [0.717, 1.165) is 24.1 Å². The van der Waals surface area contributed by atoms with Gasteiger partial charge >= 0.3 is 5.69 Å². The molecule has 0 aliphatic carbocycles. The molecule has 1 saturated heterocycles. The number of aliphatic hydroxyl groups excluding tert-OH is 1. The van der Waals surface area contributed by atoms with E-state index in [0.29, 0.717) is 32.8 Å². The van der Waals surface area contributed by atoms with Gasteiger partial charge in [0.15, 0.2) is 0 Å². The number of fused-ring (bicyclic) bond motifs is 1. The summed E-state index contributed by atoms with van der Waals surface area (Å²) in [4.78, 5) is 14.7.